The fraction of sp³-hybridized carbons (Fsp3) is 0.227. The van der Waals surface area contributed by atoms with Gasteiger partial charge in [0.15, 0.2) is 0 Å². The summed E-state index contributed by atoms with van der Waals surface area (Å²) in [6.45, 7) is 4.00. The number of nitrogen functional groups attached to an aromatic ring is 2. The Morgan fingerprint density at radius 3 is 2.12 bits per heavy atom. The number of methoxy groups -OCH3 is 1. The molecule has 1 aromatic heterocycles. The number of benzene rings is 2. The van der Waals surface area contributed by atoms with E-state index in [1.54, 1.807) is 7.11 Å². The van der Waals surface area contributed by atoms with E-state index >= 15 is 0 Å². The van der Waals surface area contributed by atoms with Crippen molar-refractivity contribution in [2.75, 3.05) is 18.6 Å². The number of rotatable bonds is 5. The van der Waals surface area contributed by atoms with Crippen molar-refractivity contribution in [3.63, 3.8) is 0 Å². The van der Waals surface area contributed by atoms with E-state index in [0.29, 0.717) is 11.6 Å². The first-order valence-corrected chi connectivity index (χ1v) is 8.86. The van der Waals surface area contributed by atoms with Crippen molar-refractivity contribution in [2.45, 2.75) is 26.2 Å². The summed E-state index contributed by atoms with van der Waals surface area (Å²) in [4.78, 5) is 4.08. The average molecular weight is 349 g/mol. The predicted octanol–water partition coefficient (Wildman–Crippen LogP) is 4.66. The van der Waals surface area contributed by atoms with Gasteiger partial charge in [-0.1, -0.05) is 56.3 Å². The number of ether oxygens (including phenoxy) is 1. The molecule has 0 saturated carbocycles. The highest BCUT2D eigenvalue weighted by atomic mass is 16.5. The maximum Gasteiger partial charge on any atom is 0.126 e. The molecule has 1 heterocycles. The monoisotopic (exact) mass is 349 g/mol. The molecule has 4 nitrogen and oxygen atoms in total. The molecule has 3 rings (SSSR count). The summed E-state index contributed by atoms with van der Waals surface area (Å²) < 4.78 is 5.38. The van der Waals surface area contributed by atoms with Crippen LogP contribution in [0, 0.1) is 0 Å². The highest BCUT2D eigenvalue weighted by Crippen LogP contribution is 2.32. The quantitative estimate of drug-likeness (QED) is 0.703. The molecule has 0 bridgehead atoms. The van der Waals surface area contributed by atoms with Gasteiger partial charge in [-0.2, -0.15) is 0 Å². The van der Waals surface area contributed by atoms with Gasteiger partial charge in [-0.25, -0.2) is 4.98 Å². The van der Waals surface area contributed by atoms with Gasteiger partial charge in [-0.15, -0.1) is 0 Å². The van der Waals surface area contributed by atoms with Crippen LogP contribution >= 0.6 is 0 Å². The van der Waals surface area contributed by atoms with Gasteiger partial charge in [0.1, 0.15) is 17.4 Å². The molecule has 1 atom stereocenters. The second-order valence-electron chi connectivity index (χ2n) is 5.77. The fourth-order valence-electron chi connectivity index (χ4n) is 2.93. The number of anilines is 2. The van der Waals surface area contributed by atoms with Crippen molar-refractivity contribution < 1.29 is 4.74 Å². The van der Waals surface area contributed by atoms with Crippen LogP contribution in [0.3, 0.4) is 0 Å². The van der Waals surface area contributed by atoms with Crippen LogP contribution in [-0.2, 0) is 6.42 Å². The van der Waals surface area contributed by atoms with Gasteiger partial charge in [0.25, 0.3) is 0 Å². The molecule has 0 amide bonds. The van der Waals surface area contributed by atoms with Gasteiger partial charge in [-0.05, 0) is 47.4 Å². The van der Waals surface area contributed by atoms with E-state index in [0.717, 1.165) is 23.3 Å². The third kappa shape index (κ3) is 4.99. The molecule has 0 spiro atoms. The van der Waals surface area contributed by atoms with Crippen LogP contribution in [0.5, 0.6) is 5.75 Å². The SMILES string of the molecule is CC.COc1cccc(C(Cc2ccccc2)c2cc(N)nc(N)c2)c1. The van der Waals surface area contributed by atoms with E-state index in [4.69, 9.17) is 16.2 Å². The normalized spacial score (nSPS) is 11.2. The zero-order chi connectivity index (χ0) is 18.9. The lowest BCUT2D eigenvalue weighted by Crippen LogP contribution is -2.08. The van der Waals surface area contributed by atoms with Crippen molar-refractivity contribution >= 4 is 11.6 Å². The summed E-state index contributed by atoms with van der Waals surface area (Å²) in [5.74, 6) is 1.83. The molecule has 0 radical (unpaired) electrons. The van der Waals surface area contributed by atoms with E-state index in [1.807, 2.05) is 56.3 Å². The third-order valence-corrected chi connectivity index (χ3v) is 4.07. The maximum absolute atomic E-state index is 5.91. The Morgan fingerprint density at radius 2 is 1.50 bits per heavy atom. The minimum atomic E-state index is 0.120. The Bertz CT molecular complexity index is 798. The summed E-state index contributed by atoms with van der Waals surface area (Å²) in [7, 11) is 1.67. The van der Waals surface area contributed by atoms with Gasteiger partial charge in [0.05, 0.1) is 7.11 Å². The van der Waals surface area contributed by atoms with Crippen LogP contribution < -0.4 is 16.2 Å². The number of pyridine rings is 1. The highest BCUT2D eigenvalue weighted by molar-refractivity contribution is 5.48. The second kappa shape index (κ2) is 9.47. The standard InChI is InChI=1S/C20H21N3O.C2H6/c1-24-17-9-5-8-15(11-17)18(10-14-6-3-2-4-7-14)16-12-19(21)23-20(22)13-16;1-2/h2-9,11-13,18H,10H2,1H3,(H4,21,22,23);1-2H3. The Balaban J connectivity index is 0.00000117. The van der Waals surface area contributed by atoms with Gasteiger partial charge >= 0.3 is 0 Å². The van der Waals surface area contributed by atoms with Crippen LogP contribution in [0.4, 0.5) is 11.6 Å². The van der Waals surface area contributed by atoms with Crippen molar-refractivity contribution in [1.82, 2.24) is 4.98 Å². The van der Waals surface area contributed by atoms with Gasteiger partial charge < -0.3 is 16.2 Å². The molecule has 4 heteroatoms. The summed E-state index contributed by atoms with van der Waals surface area (Å²) >= 11 is 0. The average Bonchev–Trinajstić information content (AvgIpc) is 2.68. The molecule has 0 aliphatic rings. The van der Waals surface area contributed by atoms with Crippen LogP contribution in [0.15, 0.2) is 66.7 Å². The van der Waals surface area contributed by atoms with E-state index in [9.17, 15) is 0 Å². The molecule has 0 aliphatic heterocycles. The topological polar surface area (TPSA) is 74.2 Å². The molecular weight excluding hydrogens is 322 g/mol. The first-order valence-electron chi connectivity index (χ1n) is 8.86. The smallest absolute Gasteiger partial charge is 0.126 e. The Hall–Kier alpha value is -3.01. The fourth-order valence-corrected chi connectivity index (χ4v) is 2.93. The molecule has 4 N–H and O–H groups in total. The van der Waals surface area contributed by atoms with Crippen molar-refractivity contribution in [2.24, 2.45) is 0 Å². The molecule has 3 aromatic rings. The van der Waals surface area contributed by atoms with Gasteiger partial charge in [0, 0.05) is 5.92 Å². The molecule has 136 valence electrons. The molecule has 1 unspecified atom stereocenters. The Morgan fingerprint density at radius 1 is 0.846 bits per heavy atom. The number of hydrogen-bond acceptors (Lipinski definition) is 4. The number of hydrogen-bond donors (Lipinski definition) is 2. The lowest BCUT2D eigenvalue weighted by Gasteiger charge is -2.20. The molecule has 26 heavy (non-hydrogen) atoms. The molecule has 0 aliphatic carbocycles. The molecular formula is C22H27N3O. The Labute approximate surface area is 155 Å². The summed E-state index contributed by atoms with van der Waals surface area (Å²) in [5, 5.41) is 0. The van der Waals surface area contributed by atoms with E-state index < -0.39 is 0 Å². The van der Waals surface area contributed by atoms with Crippen LogP contribution in [0.2, 0.25) is 0 Å². The minimum Gasteiger partial charge on any atom is -0.497 e. The van der Waals surface area contributed by atoms with E-state index in [2.05, 4.69) is 29.2 Å². The summed E-state index contributed by atoms with van der Waals surface area (Å²) in [6.07, 6.45) is 0.844. The van der Waals surface area contributed by atoms with Crippen LogP contribution in [-0.4, -0.2) is 12.1 Å². The van der Waals surface area contributed by atoms with Crippen LogP contribution in [0.25, 0.3) is 0 Å². The predicted molar refractivity (Wildman–Crippen MR) is 109 cm³/mol. The lowest BCUT2D eigenvalue weighted by atomic mass is 9.86. The van der Waals surface area contributed by atoms with Crippen molar-refractivity contribution in [3.05, 3.63) is 83.4 Å². The number of nitrogens with zero attached hydrogens (tertiary/aromatic N) is 1. The number of aromatic nitrogens is 1. The number of nitrogens with two attached hydrogens (primary N) is 2. The van der Waals surface area contributed by atoms with Crippen LogP contribution in [0.1, 0.15) is 36.5 Å². The molecule has 2 aromatic carbocycles. The summed E-state index contributed by atoms with van der Waals surface area (Å²) in [5.41, 5.74) is 15.3. The molecule has 0 fully saturated rings. The third-order valence-electron chi connectivity index (χ3n) is 4.07. The second-order valence-corrected chi connectivity index (χ2v) is 5.77. The minimum absolute atomic E-state index is 0.120. The van der Waals surface area contributed by atoms with Gasteiger partial charge in [0.2, 0.25) is 0 Å². The largest absolute Gasteiger partial charge is 0.497 e. The highest BCUT2D eigenvalue weighted by Gasteiger charge is 2.17. The summed E-state index contributed by atoms with van der Waals surface area (Å²) in [6, 6.07) is 22.3. The molecule has 0 saturated heterocycles. The van der Waals surface area contributed by atoms with Crippen molar-refractivity contribution in [3.8, 4) is 5.75 Å². The lowest BCUT2D eigenvalue weighted by molar-refractivity contribution is 0.414. The Kier molecular flexibility index (Phi) is 7.03. The van der Waals surface area contributed by atoms with Crippen molar-refractivity contribution in [1.29, 1.82) is 0 Å². The first-order chi connectivity index (χ1) is 12.7. The first kappa shape index (κ1) is 19.3. The van der Waals surface area contributed by atoms with E-state index in [1.165, 1.54) is 5.56 Å². The van der Waals surface area contributed by atoms with E-state index in [-0.39, 0.29) is 5.92 Å². The maximum atomic E-state index is 5.91. The zero-order valence-electron chi connectivity index (χ0n) is 15.6. The van der Waals surface area contributed by atoms with Gasteiger partial charge in [-0.3, -0.25) is 0 Å². The zero-order valence-corrected chi connectivity index (χ0v) is 15.6.